The van der Waals surface area contributed by atoms with E-state index in [1.54, 1.807) is 7.11 Å². The van der Waals surface area contributed by atoms with Gasteiger partial charge in [0.25, 0.3) is 0 Å². The van der Waals surface area contributed by atoms with E-state index in [4.69, 9.17) is 9.73 Å². The molecule has 0 spiro atoms. The maximum absolute atomic E-state index is 5.53. The zero-order chi connectivity index (χ0) is 21.5. The van der Waals surface area contributed by atoms with Gasteiger partial charge in [-0.05, 0) is 37.1 Å². The van der Waals surface area contributed by atoms with Gasteiger partial charge in [0.1, 0.15) is 12.1 Å². The van der Waals surface area contributed by atoms with Crippen LogP contribution in [0.2, 0.25) is 0 Å². The highest BCUT2D eigenvalue weighted by molar-refractivity contribution is 5.80. The monoisotopic (exact) mass is 419 g/mol. The average molecular weight is 420 g/mol. The van der Waals surface area contributed by atoms with Gasteiger partial charge in [-0.25, -0.2) is 9.98 Å². The van der Waals surface area contributed by atoms with Crippen LogP contribution in [0.15, 0.2) is 59.9 Å². The van der Waals surface area contributed by atoms with Crippen LogP contribution in [-0.2, 0) is 6.54 Å². The van der Waals surface area contributed by atoms with Crippen LogP contribution in [0.1, 0.15) is 18.9 Å². The molecule has 1 aromatic heterocycles. The summed E-state index contributed by atoms with van der Waals surface area (Å²) in [5.74, 6) is 2.51. The van der Waals surface area contributed by atoms with E-state index in [1.165, 1.54) is 6.33 Å². The summed E-state index contributed by atoms with van der Waals surface area (Å²) < 4.78 is 5.53. The van der Waals surface area contributed by atoms with Crippen molar-refractivity contribution in [2.45, 2.75) is 25.9 Å². The molecule has 31 heavy (non-hydrogen) atoms. The first-order chi connectivity index (χ1) is 15.3. The molecule has 1 aliphatic heterocycles. The number of H-pyrrole nitrogens is 1. The molecule has 0 bridgehead atoms. The van der Waals surface area contributed by atoms with Gasteiger partial charge < -0.3 is 20.3 Å². The molecule has 0 saturated carbocycles. The third kappa shape index (κ3) is 5.14. The second-order valence-corrected chi connectivity index (χ2v) is 7.48. The minimum absolute atomic E-state index is 0.322. The van der Waals surface area contributed by atoms with Crippen LogP contribution in [0.25, 0.3) is 11.4 Å². The Morgan fingerprint density at radius 1 is 1.26 bits per heavy atom. The molecule has 0 amide bonds. The number of nitrogens with one attached hydrogen (secondary N) is 3. The summed E-state index contributed by atoms with van der Waals surface area (Å²) in [5, 5.41) is 13.8. The van der Waals surface area contributed by atoms with E-state index < -0.39 is 0 Å². The number of aliphatic imine (C=N–C) groups is 1. The van der Waals surface area contributed by atoms with Gasteiger partial charge in [0.2, 0.25) is 0 Å². The highest BCUT2D eigenvalue weighted by atomic mass is 16.5. The molecular formula is C23H29N7O. The molecule has 3 N–H and O–H groups in total. The summed E-state index contributed by atoms with van der Waals surface area (Å²) in [6.45, 7) is 5.37. The molecule has 2 heterocycles. The summed E-state index contributed by atoms with van der Waals surface area (Å²) >= 11 is 0. The van der Waals surface area contributed by atoms with Gasteiger partial charge in [-0.2, -0.15) is 5.10 Å². The quantitative estimate of drug-likeness (QED) is 0.403. The molecule has 1 saturated heterocycles. The van der Waals surface area contributed by atoms with Crippen molar-refractivity contribution < 1.29 is 4.74 Å². The fourth-order valence-corrected chi connectivity index (χ4v) is 3.83. The molecule has 1 fully saturated rings. The molecular weight excluding hydrogens is 390 g/mol. The number of anilines is 1. The van der Waals surface area contributed by atoms with E-state index in [0.717, 1.165) is 60.4 Å². The van der Waals surface area contributed by atoms with E-state index in [-0.39, 0.29) is 0 Å². The van der Waals surface area contributed by atoms with Gasteiger partial charge in [-0.3, -0.25) is 5.10 Å². The number of rotatable bonds is 7. The smallest absolute Gasteiger partial charge is 0.191 e. The van der Waals surface area contributed by atoms with Crippen molar-refractivity contribution in [2.75, 3.05) is 31.6 Å². The number of aromatic amines is 1. The number of hydrogen-bond acceptors (Lipinski definition) is 5. The van der Waals surface area contributed by atoms with Crippen molar-refractivity contribution in [2.24, 2.45) is 4.99 Å². The summed E-state index contributed by atoms with van der Waals surface area (Å²) in [7, 11) is 1.72. The zero-order valence-electron chi connectivity index (χ0n) is 18.0. The van der Waals surface area contributed by atoms with Crippen molar-refractivity contribution in [1.29, 1.82) is 0 Å². The molecule has 162 valence electrons. The highest BCUT2D eigenvalue weighted by Gasteiger charge is 2.25. The lowest BCUT2D eigenvalue weighted by atomic mass is 10.1. The van der Waals surface area contributed by atoms with Crippen molar-refractivity contribution in [1.82, 2.24) is 25.8 Å². The largest absolute Gasteiger partial charge is 0.495 e. The Bertz CT molecular complexity index is 1000. The third-order valence-corrected chi connectivity index (χ3v) is 5.33. The van der Waals surface area contributed by atoms with Gasteiger partial charge >= 0.3 is 0 Å². The van der Waals surface area contributed by atoms with Gasteiger partial charge in [-0.15, -0.1) is 0 Å². The number of para-hydroxylation sites is 2. The lowest BCUT2D eigenvalue weighted by Gasteiger charge is -2.22. The number of methoxy groups -OCH3 is 1. The highest BCUT2D eigenvalue weighted by Crippen LogP contribution is 2.30. The lowest BCUT2D eigenvalue weighted by molar-refractivity contribution is 0.415. The van der Waals surface area contributed by atoms with Gasteiger partial charge in [0.05, 0.1) is 19.3 Å². The second-order valence-electron chi connectivity index (χ2n) is 7.48. The molecule has 0 aliphatic carbocycles. The third-order valence-electron chi connectivity index (χ3n) is 5.33. The Balaban J connectivity index is 1.40. The topological polar surface area (TPSA) is 90.5 Å². The Labute approximate surface area is 182 Å². The summed E-state index contributed by atoms with van der Waals surface area (Å²) in [6.07, 6.45) is 2.56. The average Bonchev–Trinajstić information content (AvgIpc) is 3.50. The van der Waals surface area contributed by atoms with Gasteiger partial charge in [0.15, 0.2) is 11.8 Å². The first kappa shape index (κ1) is 20.7. The van der Waals surface area contributed by atoms with Crippen molar-refractivity contribution in [3.63, 3.8) is 0 Å². The number of ether oxygens (including phenoxy) is 1. The minimum atomic E-state index is 0.322. The first-order valence-corrected chi connectivity index (χ1v) is 10.6. The van der Waals surface area contributed by atoms with Crippen LogP contribution < -0.4 is 20.3 Å². The zero-order valence-corrected chi connectivity index (χ0v) is 18.0. The van der Waals surface area contributed by atoms with Gasteiger partial charge in [-0.1, -0.05) is 30.3 Å². The van der Waals surface area contributed by atoms with E-state index in [2.05, 4.69) is 61.9 Å². The summed E-state index contributed by atoms with van der Waals surface area (Å²) in [5.41, 5.74) is 3.26. The Kier molecular flexibility index (Phi) is 6.66. The van der Waals surface area contributed by atoms with Crippen molar-refractivity contribution in [3.8, 4) is 17.1 Å². The second kappa shape index (κ2) is 9.97. The van der Waals surface area contributed by atoms with E-state index in [0.29, 0.717) is 12.6 Å². The molecule has 2 aromatic carbocycles. The lowest BCUT2D eigenvalue weighted by Crippen LogP contribution is -2.44. The maximum Gasteiger partial charge on any atom is 0.191 e. The molecule has 4 rings (SSSR count). The fourth-order valence-electron chi connectivity index (χ4n) is 3.83. The number of hydrogen-bond donors (Lipinski definition) is 3. The normalized spacial score (nSPS) is 16.4. The molecule has 0 radical (unpaired) electrons. The van der Waals surface area contributed by atoms with Crippen LogP contribution in [-0.4, -0.2) is 53.9 Å². The Morgan fingerprint density at radius 3 is 2.97 bits per heavy atom. The molecule has 8 heteroatoms. The summed E-state index contributed by atoms with van der Waals surface area (Å²) in [6, 6.07) is 16.7. The van der Waals surface area contributed by atoms with Crippen LogP contribution in [0.5, 0.6) is 5.75 Å². The Hall–Kier alpha value is -3.55. The first-order valence-electron chi connectivity index (χ1n) is 10.6. The van der Waals surface area contributed by atoms with E-state index in [1.807, 2.05) is 24.3 Å². The standard InChI is InChI=1S/C23H29N7O/c1-3-24-23(25-14-17-7-6-8-18(13-17)22-26-16-27-29-22)28-19-11-12-30(15-19)20-9-4-5-10-21(20)31-2/h4-10,13,16,19H,3,11-12,14-15H2,1-2H3,(H2,24,25,28)(H,26,27,29). The van der Waals surface area contributed by atoms with Crippen molar-refractivity contribution >= 4 is 11.6 Å². The predicted octanol–water partition coefficient (Wildman–Crippen LogP) is 2.81. The van der Waals surface area contributed by atoms with Crippen LogP contribution in [0, 0.1) is 0 Å². The van der Waals surface area contributed by atoms with Gasteiger partial charge in [0, 0.05) is 31.2 Å². The van der Waals surface area contributed by atoms with E-state index >= 15 is 0 Å². The molecule has 1 aliphatic rings. The predicted molar refractivity (Wildman–Crippen MR) is 123 cm³/mol. The number of nitrogens with zero attached hydrogens (tertiary/aromatic N) is 4. The molecule has 3 aromatic rings. The number of aromatic nitrogens is 3. The SMILES string of the molecule is CCNC(=NCc1cccc(-c2ncn[nH]2)c1)NC1CCN(c2ccccc2OC)C1. The molecule has 1 atom stereocenters. The van der Waals surface area contributed by atoms with Crippen LogP contribution in [0.4, 0.5) is 5.69 Å². The number of benzene rings is 2. The minimum Gasteiger partial charge on any atom is -0.495 e. The fraction of sp³-hybridized carbons (Fsp3) is 0.348. The van der Waals surface area contributed by atoms with Crippen molar-refractivity contribution in [3.05, 3.63) is 60.4 Å². The molecule has 8 nitrogen and oxygen atoms in total. The Morgan fingerprint density at radius 2 is 2.16 bits per heavy atom. The maximum atomic E-state index is 5.53. The van der Waals surface area contributed by atoms with Crippen LogP contribution >= 0.6 is 0 Å². The number of guanidine groups is 1. The van der Waals surface area contributed by atoms with E-state index in [9.17, 15) is 0 Å². The molecule has 1 unspecified atom stereocenters. The summed E-state index contributed by atoms with van der Waals surface area (Å²) in [4.78, 5) is 11.4. The van der Waals surface area contributed by atoms with Crippen LogP contribution in [0.3, 0.4) is 0 Å².